The van der Waals surface area contributed by atoms with E-state index in [1.807, 2.05) is 30.3 Å². The second kappa shape index (κ2) is 9.49. The SMILES string of the molecule is N#Cc1ccc(-n2c3ccc(-c4ccccc4)cc3c3cc(-c4ccccc4)ccc32)c(-c2ccccc2)c1. The fraction of sp³-hybridized carbons (Fsp3) is 0. The molecule has 1 heterocycles. The summed E-state index contributed by atoms with van der Waals surface area (Å²) in [5.41, 5.74) is 10.9. The van der Waals surface area contributed by atoms with E-state index in [1.54, 1.807) is 0 Å². The third kappa shape index (κ3) is 3.98. The molecule has 0 N–H and O–H groups in total. The highest BCUT2D eigenvalue weighted by molar-refractivity contribution is 6.12. The lowest BCUT2D eigenvalue weighted by molar-refractivity contribution is 1.18. The van der Waals surface area contributed by atoms with E-state index in [9.17, 15) is 5.26 Å². The van der Waals surface area contributed by atoms with Gasteiger partial charge in [-0.2, -0.15) is 5.26 Å². The normalized spacial score (nSPS) is 11.1. The van der Waals surface area contributed by atoms with Crippen LogP contribution in [0.4, 0.5) is 0 Å². The molecule has 0 aliphatic heterocycles. The van der Waals surface area contributed by atoms with Crippen LogP contribution in [0.3, 0.4) is 0 Å². The van der Waals surface area contributed by atoms with Crippen molar-refractivity contribution in [2.45, 2.75) is 0 Å². The smallest absolute Gasteiger partial charge is 0.0991 e. The van der Waals surface area contributed by atoms with Gasteiger partial charge < -0.3 is 4.57 Å². The monoisotopic (exact) mass is 496 g/mol. The summed E-state index contributed by atoms with van der Waals surface area (Å²) in [4.78, 5) is 0. The van der Waals surface area contributed by atoms with Gasteiger partial charge in [-0.15, -0.1) is 0 Å². The number of nitrogens with zero attached hydrogens (tertiary/aromatic N) is 2. The Bertz CT molecular complexity index is 1900. The largest absolute Gasteiger partial charge is 0.309 e. The molecule has 0 spiro atoms. The van der Waals surface area contributed by atoms with Gasteiger partial charge in [0.25, 0.3) is 0 Å². The van der Waals surface area contributed by atoms with Crippen molar-refractivity contribution in [2.24, 2.45) is 0 Å². The van der Waals surface area contributed by atoms with Gasteiger partial charge in [0.15, 0.2) is 0 Å². The van der Waals surface area contributed by atoms with Gasteiger partial charge >= 0.3 is 0 Å². The summed E-state index contributed by atoms with van der Waals surface area (Å²) in [7, 11) is 0. The van der Waals surface area contributed by atoms with E-state index >= 15 is 0 Å². The molecule has 182 valence electrons. The molecule has 7 rings (SSSR count). The zero-order valence-corrected chi connectivity index (χ0v) is 21.3. The summed E-state index contributed by atoms with van der Waals surface area (Å²) in [6, 6.07) is 53.2. The Hall–Kier alpha value is -5.39. The van der Waals surface area contributed by atoms with Crippen molar-refractivity contribution in [3.8, 4) is 45.1 Å². The van der Waals surface area contributed by atoms with Crippen LogP contribution in [0.1, 0.15) is 5.56 Å². The third-order valence-electron chi connectivity index (χ3n) is 7.43. The van der Waals surface area contributed by atoms with Crippen molar-refractivity contribution >= 4 is 21.8 Å². The zero-order chi connectivity index (χ0) is 26.2. The van der Waals surface area contributed by atoms with Gasteiger partial charge in [0.2, 0.25) is 0 Å². The fourth-order valence-corrected chi connectivity index (χ4v) is 5.55. The van der Waals surface area contributed by atoms with E-state index in [2.05, 4.69) is 126 Å². The molecule has 6 aromatic carbocycles. The fourth-order valence-electron chi connectivity index (χ4n) is 5.55. The highest BCUT2D eigenvalue weighted by Gasteiger charge is 2.17. The first-order chi connectivity index (χ1) is 19.3. The molecule has 2 heteroatoms. The Morgan fingerprint density at radius 3 is 1.41 bits per heavy atom. The maximum absolute atomic E-state index is 9.69. The van der Waals surface area contributed by atoms with Gasteiger partial charge in [0.1, 0.15) is 0 Å². The highest BCUT2D eigenvalue weighted by atomic mass is 15.0. The second-order valence-electron chi connectivity index (χ2n) is 9.74. The summed E-state index contributed by atoms with van der Waals surface area (Å²) in [6.07, 6.45) is 0. The lowest BCUT2D eigenvalue weighted by Gasteiger charge is -2.15. The molecule has 0 saturated carbocycles. The average Bonchev–Trinajstić information content (AvgIpc) is 3.35. The summed E-state index contributed by atoms with van der Waals surface area (Å²) in [6.45, 7) is 0. The maximum Gasteiger partial charge on any atom is 0.0991 e. The average molecular weight is 497 g/mol. The van der Waals surface area contributed by atoms with Crippen molar-refractivity contribution in [1.29, 1.82) is 5.26 Å². The Morgan fingerprint density at radius 1 is 0.436 bits per heavy atom. The minimum absolute atomic E-state index is 0.649. The number of fused-ring (bicyclic) bond motifs is 3. The molecule has 0 unspecified atom stereocenters. The van der Waals surface area contributed by atoms with Gasteiger partial charge in [0.05, 0.1) is 28.4 Å². The van der Waals surface area contributed by atoms with Crippen molar-refractivity contribution in [3.05, 3.63) is 151 Å². The van der Waals surface area contributed by atoms with Crippen molar-refractivity contribution in [3.63, 3.8) is 0 Å². The molecule has 39 heavy (non-hydrogen) atoms. The molecule has 0 aliphatic carbocycles. The molecule has 0 aliphatic rings. The van der Waals surface area contributed by atoms with E-state index in [0.717, 1.165) is 27.8 Å². The van der Waals surface area contributed by atoms with Gasteiger partial charge in [-0.05, 0) is 70.3 Å². The van der Waals surface area contributed by atoms with Gasteiger partial charge in [-0.3, -0.25) is 0 Å². The van der Waals surface area contributed by atoms with E-state index in [-0.39, 0.29) is 0 Å². The topological polar surface area (TPSA) is 28.7 Å². The maximum atomic E-state index is 9.69. The molecule has 7 aromatic rings. The Morgan fingerprint density at radius 2 is 0.923 bits per heavy atom. The molecule has 0 radical (unpaired) electrons. The van der Waals surface area contributed by atoms with Crippen molar-refractivity contribution < 1.29 is 0 Å². The Labute approximate surface area is 227 Å². The summed E-state index contributed by atoms with van der Waals surface area (Å²) >= 11 is 0. The molecule has 0 amide bonds. The number of hydrogen-bond acceptors (Lipinski definition) is 1. The predicted molar refractivity (Wildman–Crippen MR) is 162 cm³/mol. The number of aromatic nitrogens is 1. The van der Waals surface area contributed by atoms with Gasteiger partial charge in [-0.25, -0.2) is 0 Å². The van der Waals surface area contributed by atoms with Crippen LogP contribution in [0.25, 0.3) is 60.9 Å². The quantitative estimate of drug-likeness (QED) is 0.238. The van der Waals surface area contributed by atoms with Crippen LogP contribution >= 0.6 is 0 Å². The van der Waals surface area contributed by atoms with Gasteiger partial charge in [0, 0.05) is 16.3 Å². The standard InChI is InChI=1S/C37H24N2/c38-25-26-16-19-35(32(22-26)29-14-8-3-9-15-29)39-36-20-17-30(27-10-4-1-5-11-27)23-33(36)34-24-31(18-21-37(34)39)28-12-6-2-7-13-28/h1-24H. The van der Waals surface area contributed by atoms with E-state index in [4.69, 9.17) is 0 Å². The minimum atomic E-state index is 0.649. The Balaban J connectivity index is 1.56. The third-order valence-corrected chi connectivity index (χ3v) is 7.43. The molecule has 0 fully saturated rings. The van der Waals surface area contributed by atoms with Crippen LogP contribution in [0.15, 0.2) is 146 Å². The lowest BCUT2D eigenvalue weighted by Crippen LogP contribution is -1.98. The van der Waals surface area contributed by atoms with Crippen LogP contribution < -0.4 is 0 Å². The van der Waals surface area contributed by atoms with E-state index in [0.29, 0.717) is 5.56 Å². The van der Waals surface area contributed by atoms with Crippen molar-refractivity contribution in [1.82, 2.24) is 4.57 Å². The number of rotatable bonds is 4. The summed E-state index contributed by atoms with van der Waals surface area (Å²) < 4.78 is 2.34. The molecule has 0 atom stereocenters. The minimum Gasteiger partial charge on any atom is -0.309 e. The van der Waals surface area contributed by atoms with Crippen LogP contribution in [0, 0.1) is 11.3 Å². The van der Waals surface area contributed by atoms with Crippen molar-refractivity contribution in [2.75, 3.05) is 0 Å². The number of benzene rings is 6. The zero-order valence-electron chi connectivity index (χ0n) is 21.3. The van der Waals surface area contributed by atoms with Crippen LogP contribution in [0.5, 0.6) is 0 Å². The van der Waals surface area contributed by atoms with Crippen LogP contribution in [0.2, 0.25) is 0 Å². The molecule has 0 bridgehead atoms. The predicted octanol–water partition coefficient (Wildman–Crippen LogP) is 9.66. The molecular weight excluding hydrogens is 472 g/mol. The molecule has 1 aromatic heterocycles. The Kier molecular flexibility index (Phi) is 5.54. The number of hydrogen-bond donors (Lipinski definition) is 0. The number of nitriles is 1. The first-order valence-electron chi connectivity index (χ1n) is 13.1. The molecule has 0 saturated heterocycles. The van der Waals surface area contributed by atoms with Crippen LogP contribution in [-0.4, -0.2) is 4.57 Å². The highest BCUT2D eigenvalue weighted by Crippen LogP contribution is 2.39. The summed E-state index contributed by atoms with van der Waals surface area (Å²) in [5, 5.41) is 12.1. The van der Waals surface area contributed by atoms with E-state index < -0.39 is 0 Å². The second-order valence-corrected chi connectivity index (χ2v) is 9.74. The van der Waals surface area contributed by atoms with Gasteiger partial charge in [-0.1, -0.05) is 103 Å². The molecule has 2 nitrogen and oxygen atoms in total. The molecular formula is C37H24N2. The summed E-state index contributed by atoms with van der Waals surface area (Å²) in [5.74, 6) is 0. The first-order valence-corrected chi connectivity index (χ1v) is 13.1. The first kappa shape index (κ1) is 22.8. The lowest BCUT2D eigenvalue weighted by atomic mass is 10.0. The van der Waals surface area contributed by atoms with E-state index in [1.165, 1.54) is 33.0 Å². The van der Waals surface area contributed by atoms with Crippen LogP contribution in [-0.2, 0) is 0 Å².